The van der Waals surface area contributed by atoms with Crippen molar-refractivity contribution >= 4 is 71.6 Å². The zero-order valence-electron chi connectivity index (χ0n) is 65.1. The number of rotatable bonds is 64. The molecule has 113 heavy (non-hydrogen) atoms. The van der Waals surface area contributed by atoms with Gasteiger partial charge in [0.1, 0.15) is 63.7 Å². The number of urea groups is 1. The molecule has 4 unspecified atom stereocenters. The second kappa shape index (κ2) is 47.6. The van der Waals surface area contributed by atoms with Gasteiger partial charge in [-0.2, -0.15) is 15.0 Å². The molecule has 0 aliphatic carbocycles. The van der Waals surface area contributed by atoms with Crippen molar-refractivity contribution in [3.05, 3.63) is 41.2 Å². The molecule has 5 saturated heterocycles. The fraction of sp³-hybridized carbons (Fsp3) is 0.743. The molecule has 1 aromatic heterocycles. The van der Waals surface area contributed by atoms with Crippen molar-refractivity contribution in [2.75, 3.05) is 234 Å². The number of ether oxygens (including phenoxy) is 8. The minimum Gasteiger partial charge on any atom is -0.481 e. The SMILES string of the molecule is O=C(O)CCOCCOCCOCCOCCOCCOCCOCCOCCNc1nc(Cc2ccc(CC3C[N@@+]4(CC(=O)O)CC[N+]5(CC(=O)O)CC[N+]6(CC(=O)O)CC[N+]3(CC(=O)O)[C@@]654)cc2)nc(N2CCN(CCCCCCCCCCC(=O)NCCCC[C@H](NC(=O)N[C@@H](CCC(=O)O)C(=O)O)C(=O)O)CC2)n1. The van der Waals surface area contributed by atoms with Crippen LogP contribution >= 0.6 is 0 Å². The predicted octanol–water partition coefficient (Wildman–Crippen LogP) is 0.654. The van der Waals surface area contributed by atoms with Crippen molar-refractivity contribution in [2.45, 2.75) is 133 Å². The normalized spacial score (nSPS) is 22.1. The van der Waals surface area contributed by atoms with Crippen LogP contribution in [0.1, 0.15) is 113 Å². The summed E-state index contributed by atoms with van der Waals surface area (Å²) in [5, 5.41) is 89.2. The lowest BCUT2D eigenvalue weighted by Gasteiger charge is -2.50. The standard InChI is InChI=1S/C74H117N13O26/c88-62(75-20-9-8-11-59(69(101)102)77-73(105)78-60(70(103)104)17-18-63(89)90)12-7-5-3-1-2-4-6-10-22-82-23-25-83(26-24-82)72-80-61(79-71(81-72)76-21-34-107-36-38-109-40-42-111-44-46-113-48-47-112-45-43-110-41-39-108-37-35-106-33-19-64(91)92)50-57-15-13-56(14-16-57)49-58-51-86(54-67(97)98)30-29-84(52-65(93)94)27-28-85(53-66(95)96)31-32-87(58,55-68(99)100)74(84,85)86/h13-16,58-60H,1-12,17-55H2,(H8-4,75,76,77,78,79,80,81,88,89,90,91,92,93,94,95,96,97,98,99,100,101,102,103,104,105)/p+4/t58?,59-,60-,74+,84?,85?,86+,87?/m0/s1. The van der Waals surface area contributed by atoms with Gasteiger partial charge in [-0.1, -0.05) is 62.8 Å². The smallest absolute Gasteiger partial charge is 0.481 e. The van der Waals surface area contributed by atoms with Crippen molar-refractivity contribution in [3.8, 4) is 0 Å². The van der Waals surface area contributed by atoms with Gasteiger partial charge in [0.2, 0.25) is 17.8 Å². The molecule has 8 atom stereocenters. The zero-order chi connectivity index (χ0) is 81.5. The summed E-state index contributed by atoms with van der Waals surface area (Å²) in [6.45, 7) is 11.0. The molecular formula is C74H121N13O26+4. The molecular weight excluding hydrogens is 1490 g/mol. The maximum atomic E-state index is 13.2. The van der Waals surface area contributed by atoms with E-state index in [1.54, 1.807) is 0 Å². The maximum Gasteiger partial charge on any atom is 0.483 e. The average Bonchev–Trinajstić information content (AvgIpc) is 1.44. The van der Waals surface area contributed by atoms with Gasteiger partial charge < -0.3 is 105 Å². The molecule has 7 rings (SSSR count). The van der Waals surface area contributed by atoms with Gasteiger partial charge in [-0.15, -0.1) is 17.9 Å². The number of carbonyl (C=O) groups excluding carboxylic acids is 2. The van der Waals surface area contributed by atoms with E-state index >= 15 is 0 Å². The molecule has 5 aliphatic heterocycles. The molecule has 5 aliphatic rings. The summed E-state index contributed by atoms with van der Waals surface area (Å²) in [6.07, 6.45) is 9.08. The van der Waals surface area contributed by atoms with Crippen LogP contribution in [0.15, 0.2) is 24.3 Å². The predicted molar refractivity (Wildman–Crippen MR) is 400 cm³/mol. The highest BCUT2D eigenvalue weighted by Gasteiger charge is 3.01. The molecule has 634 valence electrons. The highest BCUT2D eigenvalue weighted by Crippen LogP contribution is 2.64. The molecule has 2 aromatic rings. The molecule has 5 fully saturated rings. The molecule has 0 saturated carbocycles. The lowest BCUT2D eigenvalue weighted by atomic mass is 10.0. The summed E-state index contributed by atoms with van der Waals surface area (Å²) in [5.74, 6) is -9.36. The number of aromatic nitrogens is 3. The van der Waals surface area contributed by atoms with Crippen LogP contribution in [-0.4, -0.2) is 386 Å². The van der Waals surface area contributed by atoms with Crippen LogP contribution < -0.4 is 26.2 Å². The highest BCUT2D eigenvalue weighted by molar-refractivity contribution is 5.86. The number of hydrogen-bond acceptors (Lipinski definition) is 24. The van der Waals surface area contributed by atoms with Crippen LogP contribution in [0.5, 0.6) is 0 Å². The summed E-state index contributed by atoms with van der Waals surface area (Å²) in [7, 11) is 0. The van der Waals surface area contributed by atoms with Gasteiger partial charge in [0.05, 0.1) is 112 Å². The van der Waals surface area contributed by atoms with E-state index in [0.717, 1.165) is 82.1 Å². The van der Waals surface area contributed by atoms with Crippen LogP contribution in [0.4, 0.5) is 16.7 Å². The van der Waals surface area contributed by atoms with Crippen molar-refractivity contribution in [2.24, 2.45) is 0 Å². The monoisotopic (exact) mass is 1610 g/mol. The largest absolute Gasteiger partial charge is 0.483 e. The van der Waals surface area contributed by atoms with Crippen molar-refractivity contribution in [3.63, 3.8) is 0 Å². The Kier molecular flexibility index (Phi) is 38.8. The summed E-state index contributed by atoms with van der Waals surface area (Å²) in [6, 6.07) is 3.57. The number of anilines is 2. The molecule has 12 N–H and O–H groups in total. The Morgan fingerprint density at radius 1 is 0.442 bits per heavy atom. The van der Waals surface area contributed by atoms with Gasteiger partial charge in [-0.05, 0) is 56.2 Å². The van der Waals surface area contributed by atoms with Gasteiger partial charge in [-0.25, -0.2) is 33.6 Å². The molecule has 39 heteroatoms. The van der Waals surface area contributed by atoms with Gasteiger partial charge >= 0.3 is 59.7 Å². The number of piperazine rings is 1. The molecule has 0 radical (unpaired) electrons. The van der Waals surface area contributed by atoms with Crippen molar-refractivity contribution in [1.82, 2.24) is 35.8 Å². The van der Waals surface area contributed by atoms with E-state index in [-0.39, 0.29) is 95.5 Å². The van der Waals surface area contributed by atoms with E-state index in [0.29, 0.717) is 195 Å². The Morgan fingerprint density at radius 3 is 1.40 bits per heavy atom. The van der Waals surface area contributed by atoms with Crippen LogP contribution in [0.2, 0.25) is 0 Å². The van der Waals surface area contributed by atoms with Crippen molar-refractivity contribution in [1.29, 1.82) is 0 Å². The van der Waals surface area contributed by atoms with E-state index < -0.39 is 90.8 Å². The lowest BCUT2D eigenvalue weighted by Crippen LogP contribution is -2.86. The second-order valence-electron chi connectivity index (χ2n) is 29.6. The third kappa shape index (κ3) is 28.1. The maximum absolute atomic E-state index is 13.2. The Labute approximate surface area is 657 Å². The van der Waals surface area contributed by atoms with Gasteiger partial charge in [0.15, 0.2) is 32.2 Å². The number of nitrogens with zero attached hydrogens (tertiary/aromatic N) is 9. The first kappa shape index (κ1) is 92.0. The van der Waals surface area contributed by atoms with Crippen LogP contribution in [-0.2, 0) is 93.9 Å². The molecule has 1 spiro atoms. The Bertz CT molecular complexity index is 3330. The zero-order valence-corrected chi connectivity index (χ0v) is 65.1. The van der Waals surface area contributed by atoms with Crippen LogP contribution in [0, 0.1) is 0 Å². The molecule has 39 nitrogen and oxygen atoms in total. The molecule has 3 amide bonds. The number of quaternary nitrogens is 4. The minimum absolute atomic E-state index is 0.0360. The highest BCUT2D eigenvalue weighted by atomic mass is 16.6. The average molecular weight is 1610 g/mol. The number of carboxylic acids is 8. The van der Waals surface area contributed by atoms with Crippen LogP contribution in [0.25, 0.3) is 0 Å². The number of nitrogens with one attached hydrogen (secondary N) is 4. The second-order valence-corrected chi connectivity index (χ2v) is 29.6. The Hall–Kier alpha value is -8.19. The summed E-state index contributed by atoms with van der Waals surface area (Å²) in [4.78, 5) is 141. The number of unbranched alkanes of at least 4 members (excludes halogenated alkanes) is 8. The van der Waals surface area contributed by atoms with Gasteiger partial charge in [0.25, 0.3) is 0 Å². The summed E-state index contributed by atoms with van der Waals surface area (Å²) < 4.78 is 44.0. The van der Waals surface area contributed by atoms with Crippen LogP contribution in [0.3, 0.4) is 0 Å². The Morgan fingerprint density at radius 2 is 0.894 bits per heavy atom. The molecule has 1 aromatic carbocycles. The first-order valence-corrected chi connectivity index (χ1v) is 39.6. The lowest BCUT2D eigenvalue weighted by molar-refractivity contribution is -1.36. The fourth-order valence-electron chi connectivity index (χ4n) is 17.2. The third-order valence-corrected chi connectivity index (χ3v) is 21.8. The number of carbonyl (C=O) groups is 10. The summed E-state index contributed by atoms with van der Waals surface area (Å²) >= 11 is 0. The summed E-state index contributed by atoms with van der Waals surface area (Å²) in [5.41, 5.74) is 1.76. The van der Waals surface area contributed by atoms with Gasteiger partial charge in [-0.3, -0.25) is 19.3 Å². The first-order valence-electron chi connectivity index (χ1n) is 39.6. The van der Waals surface area contributed by atoms with E-state index in [9.17, 15) is 78.6 Å². The molecule has 0 bridgehead atoms. The third-order valence-electron chi connectivity index (χ3n) is 21.8. The topological polar surface area (TPSA) is 500 Å². The van der Waals surface area contributed by atoms with E-state index in [1.807, 2.05) is 24.3 Å². The number of amides is 3. The fourth-order valence-corrected chi connectivity index (χ4v) is 17.2. The number of hydrogen-bond donors (Lipinski definition) is 12. The first-order chi connectivity index (χ1) is 54.4. The van der Waals surface area contributed by atoms with Gasteiger partial charge in [0, 0.05) is 65.0 Å². The number of carboxylic acid groups (broad SMARTS) is 8. The van der Waals surface area contributed by atoms with Crippen molar-refractivity contribution < 1.29 is 145 Å². The number of benzene rings is 1. The Balaban J connectivity index is 0.835. The minimum atomic E-state index is -1.50. The molecule has 6 heterocycles. The number of aliphatic carboxylic acids is 8. The quantitative estimate of drug-likeness (QED) is 0.0320. The van der Waals surface area contributed by atoms with E-state index in [2.05, 4.69) is 31.1 Å². The van der Waals surface area contributed by atoms with E-state index in [1.165, 1.54) is 0 Å². The van der Waals surface area contributed by atoms with E-state index in [4.69, 9.17) is 63.1 Å².